The van der Waals surface area contributed by atoms with Crippen molar-refractivity contribution in [3.8, 4) is 11.4 Å². The molecule has 2 heterocycles. The molecule has 1 aliphatic heterocycles. The maximum Gasteiger partial charge on any atom is 0.229 e. The van der Waals surface area contributed by atoms with Gasteiger partial charge in [0.05, 0.1) is 18.8 Å². The molecule has 2 aromatic rings. The number of nitrogens with one attached hydrogen (secondary N) is 1. The van der Waals surface area contributed by atoms with Crippen molar-refractivity contribution in [1.82, 2.24) is 14.9 Å². The molecule has 3 N–H and O–H groups in total. The van der Waals surface area contributed by atoms with Crippen LogP contribution < -0.4 is 4.72 Å². The van der Waals surface area contributed by atoms with E-state index in [1.807, 2.05) is 0 Å². The van der Waals surface area contributed by atoms with E-state index in [1.54, 1.807) is 0 Å². The topological polar surface area (TPSA) is 135 Å². The zero-order chi connectivity index (χ0) is 18.9. The Balaban J connectivity index is 1.64. The molecule has 0 radical (unpaired) electrons. The van der Waals surface area contributed by atoms with E-state index in [4.69, 9.17) is 9.26 Å². The lowest BCUT2D eigenvalue weighted by molar-refractivity contribution is 0.00790. The molecule has 142 valence electrons. The first-order chi connectivity index (χ1) is 12.2. The summed E-state index contributed by atoms with van der Waals surface area (Å²) in [6.07, 6.45) is -3.21. The summed E-state index contributed by atoms with van der Waals surface area (Å²) in [6, 6.07) is 5.54. The zero-order valence-corrected chi connectivity index (χ0v) is 14.6. The van der Waals surface area contributed by atoms with Gasteiger partial charge in [-0.3, -0.25) is 0 Å². The van der Waals surface area contributed by atoms with Crippen molar-refractivity contribution in [3.63, 3.8) is 0 Å². The Kier molecular flexibility index (Phi) is 5.34. The molecular formula is C15H18FN3O6S. The average molecular weight is 387 g/mol. The van der Waals surface area contributed by atoms with Gasteiger partial charge in [-0.1, -0.05) is 5.16 Å². The second-order valence-corrected chi connectivity index (χ2v) is 7.87. The van der Waals surface area contributed by atoms with E-state index < -0.39 is 34.4 Å². The molecule has 9 nitrogen and oxygen atoms in total. The number of aliphatic hydroxyl groups excluding tert-OH is 2. The van der Waals surface area contributed by atoms with Crippen LogP contribution in [0.3, 0.4) is 0 Å². The Morgan fingerprint density at radius 2 is 1.85 bits per heavy atom. The third-order valence-electron chi connectivity index (χ3n) is 3.95. The summed E-state index contributed by atoms with van der Waals surface area (Å²) < 4.78 is 48.1. The van der Waals surface area contributed by atoms with E-state index >= 15 is 0 Å². The van der Waals surface area contributed by atoms with Crippen LogP contribution in [0.15, 0.2) is 28.8 Å². The molecule has 26 heavy (non-hydrogen) atoms. The first-order valence-corrected chi connectivity index (χ1v) is 9.67. The highest BCUT2D eigenvalue weighted by molar-refractivity contribution is 7.88. The molecule has 0 bridgehead atoms. The number of nitrogens with zero attached hydrogens (tertiary/aromatic N) is 2. The van der Waals surface area contributed by atoms with E-state index in [9.17, 15) is 23.0 Å². The Labute approximate surface area is 148 Å². The first kappa shape index (κ1) is 18.9. The van der Waals surface area contributed by atoms with Gasteiger partial charge >= 0.3 is 0 Å². The Bertz CT molecular complexity index is 857. The highest BCUT2D eigenvalue weighted by Gasteiger charge is 2.43. The molecular weight excluding hydrogens is 369 g/mol. The van der Waals surface area contributed by atoms with Crippen molar-refractivity contribution in [1.29, 1.82) is 0 Å². The van der Waals surface area contributed by atoms with Gasteiger partial charge in [0, 0.05) is 12.1 Å². The van der Waals surface area contributed by atoms with E-state index in [2.05, 4.69) is 14.9 Å². The third kappa shape index (κ3) is 4.43. The Morgan fingerprint density at radius 1 is 1.19 bits per heavy atom. The first-order valence-electron chi connectivity index (χ1n) is 7.77. The van der Waals surface area contributed by atoms with E-state index in [0.29, 0.717) is 5.56 Å². The van der Waals surface area contributed by atoms with Crippen LogP contribution in [0.4, 0.5) is 4.39 Å². The highest BCUT2D eigenvalue weighted by atomic mass is 32.2. The molecule has 0 spiro atoms. The van der Waals surface area contributed by atoms with Gasteiger partial charge in [0.2, 0.25) is 21.7 Å². The number of aromatic nitrogens is 2. The number of ether oxygens (including phenoxy) is 1. The summed E-state index contributed by atoms with van der Waals surface area (Å²) in [4.78, 5) is 4.16. The normalized spacial score (nSPS) is 26.3. The van der Waals surface area contributed by atoms with E-state index in [-0.39, 0.29) is 30.5 Å². The van der Waals surface area contributed by atoms with Gasteiger partial charge in [-0.05, 0) is 24.3 Å². The molecule has 3 rings (SSSR count). The number of sulfonamides is 1. The molecule has 0 amide bonds. The molecule has 4 atom stereocenters. The van der Waals surface area contributed by atoms with Crippen LogP contribution in [0.2, 0.25) is 0 Å². The van der Waals surface area contributed by atoms with Gasteiger partial charge in [0.1, 0.15) is 24.1 Å². The van der Waals surface area contributed by atoms with Crippen LogP contribution in [0, 0.1) is 5.82 Å². The number of benzene rings is 1. The summed E-state index contributed by atoms with van der Waals surface area (Å²) in [6.45, 7) is -0.168. The molecule has 1 fully saturated rings. The summed E-state index contributed by atoms with van der Waals surface area (Å²) >= 11 is 0. The van der Waals surface area contributed by atoms with E-state index in [1.165, 1.54) is 24.3 Å². The molecule has 1 aliphatic rings. The van der Waals surface area contributed by atoms with Gasteiger partial charge in [-0.25, -0.2) is 17.5 Å². The van der Waals surface area contributed by atoms with Crippen molar-refractivity contribution in [2.24, 2.45) is 0 Å². The zero-order valence-electron chi connectivity index (χ0n) is 13.7. The van der Waals surface area contributed by atoms with Gasteiger partial charge in [-0.15, -0.1) is 0 Å². The summed E-state index contributed by atoms with van der Waals surface area (Å²) in [5.41, 5.74) is 0.560. The summed E-state index contributed by atoms with van der Waals surface area (Å²) in [5, 5.41) is 23.9. The minimum atomic E-state index is -3.45. The molecule has 0 aliphatic carbocycles. The number of hydrogen-bond donors (Lipinski definition) is 3. The molecule has 1 saturated heterocycles. The molecule has 11 heteroatoms. The van der Waals surface area contributed by atoms with Crippen molar-refractivity contribution in [3.05, 3.63) is 36.0 Å². The Hall–Kier alpha value is -1.92. The van der Waals surface area contributed by atoms with Crippen LogP contribution in [0.25, 0.3) is 11.4 Å². The van der Waals surface area contributed by atoms with Crippen LogP contribution in [-0.2, 0) is 21.2 Å². The second kappa shape index (κ2) is 7.37. The fourth-order valence-corrected chi connectivity index (χ4v) is 3.09. The fraction of sp³-hybridized carbons (Fsp3) is 0.467. The SMILES string of the molecule is CS(=O)(=O)NCC1OC(Cc2nc(-c3ccc(F)cc3)no2)C(O)C1O. The van der Waals surface area contributed by atoms with Gasteiger partial charge < -0.3 is 19.5 Å². The van der Waals surface area contributed by atoms with Crippen molar-refractivity contribution in [2.75, 3.05) is 12.8 Å². The third-order valence-corrected chi connectivity index (χ3v) is 4.65. The lowest BCUT2D eigenvalue weighted by atomic mass is 10.1. The lowest BCUT2D eigenvalue weighted by Gasteiger charge is -2.14. The predicted molar refractivity (Wildman–Crippen MR) is 86.9 cm³/mol. The minimum absolute atomic E-state index is 0.0296. The lowest BCUT2D eigenvalue weighted by Crippen LogP contribution is -2.39. The minimum Gasteiger partial charge on any atom is -0.388 e. The van der Waals surface area contributed by atoms with Gasteiger partial charge in [0.25, 0.3) is 0 Å². The molecule has 1 aromatic heterocycles. The average Bonchev–Trinajstić information content (AvgIpc) is 3.14. The molecule has 4 unspecified atom stereocenters. The van der Waals surface area contributed by atoms with Gasteiger partial charge in [0.15, 0.2) is 0 Å². The standard InChI is InChI=1S/C15H18FN3O6S/c1-26(22,23)17-7-11-14(21)13(20)10(24-11)6-12-18-15(19-25-12)8-2-4-9(16)5-3-8/h2-5,10-11,13-14,17,20-21H,6-7H2,1H3. The largest absolute Gasteiger partial charge is 0.388 e. The second-order valence-electron chi connectivity index (χ2n) is 6.04. The molecule has 0 saturated carbocycles. The molecule has 1 aromatic carbocycles. The van der Waals surface area contributed by atoms with Crippen molar-refractivity contribution < 1.29 is 32.3 Å². The number of rotatable bonds is 6. The monoisotopic (exact) mass is 387 g/mol. The van der Waals surface area contributed by atoms with Crippen LogP contribution >= 0.6 is 0 Å². The number of aliphatic hydroxyl groups is 2. The van der Waals surface area contributed by atoms with Crippen molar-refractivity contribution in [2.45, 2.75) is 30.8 Å². The summed E-state index contributed by atoms with van der Waals surface area (Å²) in [7, 11) is -3.45. The van der Waals surface area contributed by atoms with Crippen molar-refractivity contribution >= 4 is 10.0 Å². The number of hydrogen-bond acceptors (Lipinski definition) is 8. The summed E-state index contributed by atoms with van der Waals surface area (Å²) in [5.74, 6) is 0.0308. The highest BCUT2D eigenvalue weighted by Crippen LogP contribution is 2.25. The van der Waals surface area contributed by atoms with Crippen LogP contribution in [0.5, 0.6) is 0 Å². The van der Waals surface area contributed by atoms with E-state index in [0.717, 1.165) is 6.26 Å². The predicted octanol–water partition coefficient (Wildman–Crippen LogP) is -0.543. The fourth-order valence-electron chi connectivity index (χ4n) is 2.62. The van der Waals surface area contributed by atoms with Gasteiger partial charge in [-0.2, -0.15) is 4.98 Å². The quantitative estimate of drug-likeness (QED) is 0.601. The Morgan fingerprint density at radius 3 is 2.50 bits per heavy atom. The maximum absolute atomic E-state index is 13.0. The number of halogens is 1. The maximum atomic E-state index is 13.0. The van der Waals surface area contributed by atoms with Crippen LogP contribution in [0.1, 0.15) is 5.89 Å². The smallest absolute Gasteiger partial charge is 0.229 e. The van der Waals surface area contributed by atoms with Crippen LogP contribution in [-0.4, -0.2) is 66.0 Å².